The number of fused-ring (bicyclic) bond motifs is 2. The Morgan fingerprint density at radius 1 is 0.941 bits per heavy atom. The molecule has 0 radical (unpaired) electrons. The molecule has 0 spiro atoms. The Labute approximate surface area is 105 Å². The smallest absolute Gasteiger partial charge is 0.144 e. The third-order valence-corrected chi connectivity index (χ3v) is 5.75. The number of quaternary nitrogens is 1. The molecule has 0 aromatic carbocycles. The maximum absolute atomic E-state index is 12.4. The van der Waals surface area contributed by atoms with Crippen LogP contribution in [0, 0.1) is 11.8 Å². The molecule has 2 heteroatoms. The van der Waals surface area contributed by atoms with Crippen LogP contribution in [0.4, 0.5) is 0 Å². The molecule has 3 aliphatic rings. The van der Waals surface area contributed by atoms with E-state index in [2.05, 4.69) is 7.05 Å². The number of rotatable bonds is 1. The molecule has 2 aliphatic carbocycles. The van der Waals surface area contributed by atoms with E-state index in [-0.39, 0.29) is 0 Å². The number of hydrogen-bond acceptors (Lipinski definition) is 1. The van der Waals surface area contributed by atoms with Crippen molar-refractivity contribution in [1.29, 1.82) is 0 Å². The summed E-state index contributed by atoms with van der Waals surface area (Å²) in [4.78, 5) is 12.4. The summed E-state index contributed by atoms with van der Waals surface area (Å²) in [7, 11) is 2.42. The molecule has 0 unspecified atom stereocenters. The predicted molar refractivity (Wildman–Crippen MR) is 68.6 cm³/mol. The van der Waals surface area contributed by atoms with Gasteiger partial charge in [-0.15, -0.1) is 0 Å². The fourth-order valence-corrected chi connectivity index (χ4v) is 4.73. The highest BCUT2D eigenvalue weighted by Crippen LogP contribution is 2.42. The van der Waals surface area contributed by atoms with Crippen LogP contribution in [0.2, 0.25) is 0 Å². The van der Waals surface area contributed by atoms with Crippen molar-refractivity contribution >= 4 is 5.78 Å². The Morgan fingerprint density at radius 3 is 2.47 bits per heavy atom. The first-order valence-electron chi connectivity index (χ1n) is 7.59. The molecule has 0 aromatic heterocycles. The van der Waals surface area contributed by atoms with Crippen molar-refractivity contribution < 1.29 is 9.28 Å². The summed E-state index contributed by atoms with van der Waals surface area (Å²) in [6.07, 6.45) is 10.3. The van der Waals surface area contributed by atoms with Crippen LogP contribution < -0.4 is 0 Å². The van der Waals surface area contributed by atoms with Crippen molar-refractivity contribution in [3.8, 4) is 0 Å². The van der Waals surface area contributed by atoms with Gasteiger partial charge in [0.05, 0.1) is 32.1 Å². The van der Waals surface area contributed by atoms with Crippen molar-refractivity contribution in [3.05, 3.63) is 0 Å². The van der Waals surface area contributed by atoms with Crippen molar-refractivity contribution in [1.82, 2.24) is 0 Å². The predicted octanol–water partition coefficient (Wildman–Crippen LogP) is 2.76. The monoisotopic (exact) mass is 236 g/mol. The average molecular weight is 236 g/mol. The zero-order valence-corrected chi connectivity index (χ0v) is 11.2. The summed E-state index contributed by atoms with van der Waals surface area (Å²) < 4.78 is 1.21. The molecule has 96 valence electrons. The molecule has 3 rings (SSSR count). The van der Waals surface area contributed by atoms with Gasteiger partial charge in [-0.25, -0.2) is 0 Å². The molecular weight excluding hydrogens is 210 g/mol. The SMILES string of the molecule is C[N+]1([C@H]2CC[C@H]3CCC[C@H]2C3=O)CCCCC1. The lowest BCUT2D eigenvalue weighted by molar-refractivity contribution is -0.941. The lowest BCUT2D eigenvalue weighted by atomic mass is 9.67. The Kier molecular flexibility index (Phi) is 3.02. The van der Waals surface area contributed by atoms with E-state index in [1.54, 1.807) is 0 Å². The minimum atomic E-state index is 0.422. The van der Waals surface area contributed by atoms with Gasteiger partial charge in [0.25, 0.3) is 0 Å². The third-order valence-electron chi connectivity index (χ3n) is 5.75. The number of carbonyl (C=O) groups is 1. The second kappa shape index (κ2) is 4.38. The van der Waals surface area contributed by atoms with Crippen LogP contribution in [0.5, 0.6) is 0 Å². The van der Waals surface area contributed by atoms with Gasteiger partial charge >= 0.3 is 0 Å². The summed E-state index contributed by atoms with van der Waals surface area (Å²) in [6.45, 7) is 2.64. The summed E-state index contributed by atoms with van der Waals surface area (Å²) in [5, 5.41) is 0. The van der Waals surface area contributed by atoms with E-state index in [1.807, 2.05) is 0 Å². The van der Waals surface area contributed by atoms with E-state index >= 15 is 0 Å². The molecule has 1 saturated heterocycles. The quantitative estimate of drug-likeness (QED) is 0.640. The molecule has 0 amide bonds. The maximum atomic E-state index is 12.4. The highest BCUT2D eigenvalue weighted by atomic mass is 16.1. The van der Waals surface area contributed by atoms with Crippen molar-refractivity contribution in [2.75, 3.05) is 20.1 Å². The highest BCUT2D eigenvalue weighted by Gasteiger charge is 2.48. The minimum Gasteiger partial charge on any atom is -0.323 e. The molecule has 2 saturated carbocycles. The topological polar surface area (TPSA) is 17.1 Å². The van der Waals surface area contributed by atoms with Gasteiger partial charge in [0.1, 0.15) is 5.78 Å². The number of carbonyl (C=O) groups excluding carboxylic acids is 1. The van der Waals surface area contributed by atoms with E-state index in [4.69, 9.17) is 0 Å². The molecule has 0 aromatic rings. The van der Waals surface area contributed by atoms with E-state index in [0.717, 1.165) is 0 Å². The summed E-state index contributed by atoms with van der Waals surface area (Å²) >= 11 is 0. The molecule has 3 atom stereocenters. The first-order valence-corrected chi connectivity index (χ1v) is 7.59. The van der Waals surface area contributed by atoms with Crippen LogP contribution in [-0.2, 0) is 4.79 Å². The van der Waals surface area contributed by atoms with E-state index in [1.165, 1.54) is 68.9 Å². The molecule has 17 heavy (non-hydrogen) atoms. The fourth-order valence-electron chi connectivity index (χ4n) is 4.73. The summed E-state index contributed by atoms with van der Waals surface area (Å²) in [6, 6.07) is 0.666. The van der Waals surface area contributed by atoms with Gasteiger partial charge in [-0.2, -0.15) is 0 Å². The van der Waals surface area contributed by atoms with Crippen LogP contribution in [0.1, 0.15) is 51.4 Å². The molecule has 0 N–H and O–H groups in total. The van der Waals surface area contributed by atoms with Crippen LogP contribution in [0.25, 0.3) is 0 Å². The molecule has 1 aliphatic heterocycles. The number of nitrogens with zero attached hydrogens (tertiary/aromatic N) is 1. The third kappa shape index (κ3) is 1.95. The first-order chi connectivity index (χ1) is 8.21. The molecular formula is C15H26NO+. The van der Waals surface area contributed by atoms with Gasteiger partial charge < -0.3 is 4.48 Å². The lowest BCUT2D eigenvalue weighted by Crippen LogP contribution is -2.61. The van der Waals surface area contributed by atoms with Crippen LogP contribution >= 0.6 is 0 Å². The summed E-state index contributed by atoms with van der Waals surface area (Å²) in [5.41, 5.74) is 0. The number of ketones is 1. The Balaban J connectivity index is 1.80. The largest absolute Gasteiger partial charge is 0.323 e. The number of piperidine rings is 1. The van der Waals surface area contributed by atoms with Crippen molar-refractivity contribution in [3.63, 3.8) is 0 Å². The maximum Gasteiger partial charge on any atom is 0.144 e. The Morgan fingerprint density at radius 2 is 1.71 bits per heavy atom. The van der Waals surface area contributed by atoms with E-state index in [0.29, 0.717) is 23.7 Å². The molecule has 2 nitrogen and oxygen atoms in total. The van der Waals surface area contributed by atoms with Gasteiger partial charge in [-0.3, -0.25) is 4.79 Å². The van der Waals surface area contributed by atoms with Gasteiger partial charge in [-0.1, -0.05) is 6.42 Å². The highest BCUT2D eigenvalue weighted by molar-refractivity contribution is 5.85. The number of hydrogen-bond donors (Lipinski definition) is 0. The molecule has 1 heterocycles. The first kappa shape index (κ1) is 11.7. The van der Waals surface area contributed by atoms with Crippen LogP contribution in [0.15, 0.2) is 0 Å². The van der Waals surface area contributed by atoms with Crippen molar-refractivity contribution in [2.45, 2.75) is 57.4 Å². The number of Topliss-reactive ketones (excluding diaryl/α,β-unsaturated/α-hetero) is 1. The minimum absolute atomic E-state index is 0.422. The van der Waals surface area contributed by atoms with E-state index in [9.17, 15) is 4.79 Å². The van der Waals surface area contributed by atoms with Crippen molar-refractivity contribution in [2.24, 2.45) is 11.8 Å². The fraction of sp³-hybridized carbons (Fsp3) is 0.933. The normalized spacial score (nSPS) is 41.2. The van der Waals surface area contributed by atoms with E-state index < -0.39 is 0 Å². The second-order valence-corrected chi connectivity index (χ2v) is 6.77. The van der Waals surface area contributed by atoms with Gasteiger partial charge in [0, 0.05) is 12.3 Å². The molecule has 2 bridgehead atoms. The standard InChI is InChI=1S/C15H26NO/c1-16(10-3-2-4-11-16)14-9-8-12-6-5-7-13(14)15(12)17/h12-14H,2-11H2,1H3/q+1/t12-,13-,14+/m1/s1. The number of likely N-dealkylation sites (tertiary alicyclic amines) is 1. The molecule has 3 fully saturated rings. The zero-order chi connectivity index (χ0) is 11.9. The summed E-state index contributed by atoms with van der Waals surface area (Å²) in [5.74, 6) is 1.50. The lowest BCUT2D eigenvalue weighted by Gasteiger charge is -2.50. The Bertz CT molecular complexity index is 306. The van der Waals surface area contributed by atoms with Gasteiger partial charge in [-0.05, 0) is 38.5 Å². The van der Waals surface area contributed by atoms with Crippen LogP contribution in [-0.4, -0.2) is 36.4 Å². The second-order valence-electron chi connectivity index (χ2n) is 6.77. The zero-order valence-electron chi connectivity index (χ0n) is 11.2. The van der Waals surface area contributed by atoms with Crippen LogP contribution in [0.3, 0.4) is 0 Å². The average Bonchev–Trinajstić information content (AvgIpc) is 2.29. The Hall–Kier alpha value is -0.370. The van der Waals surface area contributed by atoms with Gasteiger partial charge in [0.2, 0.25) is 0 Å². The van der Waals surface area contributed by atoms with Gasteiger partial charge in [0.15, 0.2) is 0 Å².